The Kier molecular flexibility index (Phi) is 4.23. The Morgan fingerprint density at radius 3 is 2.43 bits per heavy atom. The Morgan fingerprint density at radius 2 is 1.71 bits per heavy atom. The number of hydrogen-bond acceptors (Lipinski definition) is 2. The number of amides is 1. The molecule has 1 N–H and O–H groups in total. The van der Waals surface area contributed by atoms with Crippen molar-refractivity contribution in [2.75, 3.05) is 6.54 Å². The van der Waals surface area contributed by atoms with Crippen molar-refractivity contribution >= 4 is 11.9 Å². The van der Waals surface area contributed by atoms with E-state index in [0.717, 1.165) is 31.7 Å². The van der Waals surface area contributed by atoms with Crippen LogP contribution in [-0.4, -0.2) is 34.5 Å². The summed E-state index contributed by atoms with van der Waals surface area (Å²) in [6, 6.07) is 0.430. The monoisotopic (exact) mass is 293 g/mol. The lowest BCUT2D eigenvalue weighted by molar-refractivity contribution is -0.144. The van der Waals surface area contributed by atoms with Crippen LogP contribution in [0.15, 0.2) is 0 Å². The van der Waals surface area contributed by atoms with E-state index in [1.807, 2.05) is 0 Å². The Morgan fingerprint density at radius 1 is 1.00 bits per heavy atom. The van der Waals surface area contributed by atoms with E-state index in [0.29, 0.717) is 24.8 Å². The van der Waals surface area contributed by atoms with Gasteiger partial charge in [0.15, 0.2) is 0 Å². The van der Waals surface area contributed by atoms with Crippen LogP contribution < -0.4 is 0 Å². The van der Waals surface area contributed by atoms with Crippen LogP contribution >= 0.6 is 0 Å². The Balaban J connectivity index is 1.68. The SMILES string of the molecule is CC1CCN(C(=O)[C@@H]2CC[C@H](C(=O)O)C2)C2CCCCC12. The lowest BCUT2D eigenvalue weighted by Crippen LogP contribution is -2.53. The molecule has 1 aliphatic heterocycles. The Bertz CT molecular complexity index is 422. The number of nitrogens with zero attached hydrogens (tertiary/aromatic N) is 1. The van der Waals surface area contributed by atoms with Crippen LogP contribution in [-0.2, 0) is 9.59 Å². The van der Waals surface area contributed by atoms with E-state index in [1.54, 1.807) is 0 Å². The van der Waals surface area contributed by atoms with Crippen molar-refractivity contribution < 1.29 is 14.7 Å². The molecule has 0 aromatic heterocycles. The summed E-state index contributed by atoms with van der Waals surface area (Å²) in [7, 11) is 0. The number of fused-ring (bicyclic) bond motifs is 1. The smallest absolute Gasteiger partial charge is 0.306 e. The van der Waals surface area contributed by atoms with Crippen molar-refractivity contribution in [2.45, 2.75) is 64.3 Å². The average Bonchev–Trinajstić information content (AvgIpc) is 2.97. The van der Waals surface area contributed by atoms with Crippen LogP contribution in [0.3, 0.4) is 0 Å². The lowest BCUT2D eigenvalue weighted by Gasteiger charge is -2.48. The van der Waals surface area contributed by atoms with Crippen LogP contribution in [0.5, 0.6) is 0 Å². The molecule has 3 aliphatic rings. The molecular weight excluding hydrogens is 266 g/mol. The minimum Gasteiger partial charge on any atom is -0.481 e. The zero-order chi connectivity index (χ0) is 15.0. The van der Waals surface area contributed by atoms with Gasteiger partial charge < -0.3 is 10.0 Å². The minimum atomic E-state index is -0.729. The van der Waals surface area contributed by atoms with Gasteiger partial charge in [-0.15, -0.1) is 0 Å². The second-order valence-electron chi connectivity index (χ2n) is 7.36. The fraction of sp³-hybridized carbons (Fsp3) is 0.882. The van der Waals surface area contributed by atoms with Gasteiger partial charge in [0.05, 0.1) is 5.92 Å². The number of piperidine rings is 1. The number of hydrogen-bond donors (Lipinski definition) is 1. The third kappa shape index (κ3) is 2.82. The molecule has 1 heterocycles. The van der Waals surface area contributed by atoms with E-state index in [1.165, 1.54) is 19.3 Å². The van der Waals surface area contributed by atoms with Crippen LogP contribution in [0.2, 0.25) is 0 Å². The molecule has 118 valence electrons. The summed E-state index contributed by atoms with van der Waals surface area (Å²) in [4.78, 5) is 26.1. The molecule has 5 atom stereocenters. The Hall–Kier alpha value is -1.06. The van der Waals surface area contributed by atoms with E-state index in [4.69, 9.17) is 5.11 Å². The van der Waals surface area contributed by atoms with Gasteiger partial charge in [-0.1, -0.05) is 19.8 Å². The second-order valence-corrected chi connectivity index (χ2v) is 7.36. The number of likely N-dealkylation sites (tertiary alicyclic amines) is 1. The van der Waals surface area contributed by atoms with Gasteiger partial charge in [-0.2, -0.15) is 0 Å². The van der Waals surface area contributed by atoms with Gasteiger partial charge in [-0.25, -0.2) is 0 Å². The van der Waals surface area contributed by atoms with E-state index >= 15 is 0 Å². The first-order valence-corrected chi connectivity index (χ1v) is 8.61. The van der Waals surface area contributed by atoms with Crippen molar-refractivity contribution in [1.29, 1.82) is 0 Å². The molecule has 3 unspecified atom stereocenters. The van der Waals surface area contributed by atoms with Crippen molar-refractivity contribution in [3.63, 3.8) is 0 Å². The van der Waals surface area contributed by atoms with Gasteiger partial charge in [0.2, 0.25) is 5.91 Å². The normalized spacial score (nSPS) is 39.9. The summed E-state index contributed by atoms with van der Waals surface area (Å²) >= 11 is 0. The van der Waals surface area contributed by atoms with Gasteiger partial charge in [-0.05, 0) is 50.4 Å². The maximum Gasteiger partial charge on any atom is 0.306 e. The van der Waals surface area contributed by atoms with Gasteiger partial charge >= 0.3 is 5.97 Å². The summed E-state index contributed by atoms with van der Waals surface area (Å²) < 4.78 is 0. The van der Waals surface area contributed by atoms with Crippen molar-refractivity contribution in [3.05, 3.63) is 0 Å². The molecule has 0 bridgehead atoms. The standard InChI is InChI=1S/C17H27NO3/c1-11-8-9-18(15-5-3-2-4-14(11)15)16(19)12-6-7-13(10-12)17(20)21/h11-15H,2-10H2,1H3,(H,20,21)/t11?,12-,13+,14?,15?/m1/s1. The molecule has 4 heteroatoms. The first-order chi connectivity index (χ1) is 10.1. The van der Waals surface area contributed by atoms with E-state index < -0.39 is 5.97 Å². The molecule has 2 saturated carbocycles. The van der Waals surface area contributed by atoms with E-state index in [-0.39, 0.29) is 17.7 Å². The topological polar surface area (TPSA) is 57.6 Å². The number of rotatable bonds is 2. The highest BCUT2D eigenvalue weighted by Crippen LogP contribution is 2.41. The van der Waals surface area contributed by atoms with Crippen LogP contribution in [0, 0.1) is 23.7 Å². The molecular formula is C17H27NO3. The summed E-state index contributed by atoms with van der Waals surface area (Å²) in [6.07, 6.45) is 8.05. The predicted molar refractivity (Wildman–Crippen MR) is 79.7 cm³/mol. The number of carboxylic acids is 1. The van der Waals surface area contributed by atoms with Crippen LogP contribution in [0.25, 0.3) is 0 Å². The molecule has 3 fully saturated rings. The number of aliphatic carboxylic acids is 1. The number of carbonyl (C=O) groups excluding carboxylic acids is 1. The lowest BCUT2D eigenvalue weighted by atomic mass is 9.72. The molecule has 1 amide bonds. The molecule has 0 aromatic carbocycles. The second kappa shape index (κ2) is 5.98. The largest absolute Gasteiger partial charge is 0.481 e. The van der Waals surface area contributed by atoms with E-state index in [2.05, 4.69) is 11.8 Å². The number of carboxylic acid groups (broad SMARTS) is 1. The molecule has 0 radical (unpaired) electrons. The van der Waals surface area contributed by atoms with Crippen molar-refractivity contribution in [3.8, 4) is 0 Å². The van der Waals surface area contributed by atoms with Gasteiger partial charge in [0.1, 0.15) is 0 Å². The van der Waals surface area contributed by atoms with Crippen molar-refractivity contribution in [1.82, 2.24) is 4.90 Å². The zero-order valence-corrected chi connectivity index (χ0v) is 13.0. The third-order valence-electron chi connectivity index (χ3n) is 6.15. The molecule has 4 nitrogen and oxygen atoms in total. The molecule has 0 aromatic rings. The molecule has 0 spiro atoms. The third-order valence-corrected chi connectivity index (χ3v) is 6.15. The van der Waals surface area contributed by atoms with Gasteiger partial charge in [-0.3, -0.25) is 9.59 Å². The maximum absolute atomic E-state index is 12.9. The first-order valence-electron chi connectivity index (χ1n) is 8.61. The molecule has 3 rings (SSSR count). The van der Waals surface area contributed by atoms with Crippen LogP contribution in [0.4, 0.5) is 0 Å². The zero-order valence-electron chi connectivity index (χ0n) is 13.0. The van der Waals surface area contributed by atoms with Gasteiger partial charge in [0, 0.05) is 18.5 Å². The first kappa shape index (κ1) is 14.9. The van der Waals surface area contributed by atoms with E-state index in [9.17, 15) is 9.59 Å². The summed E-state index contributed by atoms with van der Waals surface area (Å²) in [5.74, 6) is 0.588. The fourth-order valence-corrected chi connectivity index (χ4v) is 4.85. The summed E-state index contributed by atoms with van der Waals surface area (Å²) in [5, 5.41) is 9.12. The summed E-state index contributed by atoms with van der Waals surface area (Å²) in [5.41, 5.74) is 0. The highest BCUT2D eigenvalue weighted by molar-refractivity contribution is 5.81. The average molecular weight is 293 g/mol. The van der Waals surface area contributed by atoms with Crippen LogP contribution in [0.1, 0.15) is 58.3 Å². The molecule has 21 heavy (non-hydrogen) atoms. The quantitative estimate of drug-likeness (QED) is 0.851. The fourth-order valence-electron chi connectivity index (χ4n) is 4.85. The highest BCUT2D eigenvalue weighted by atomic mass is 16.4. The van der Waals surface area contributed by atoms with Crippen molar-refractivity contribution in [2.24, 2.45) is 23.7 Å². The maximum atomic E-state index is 12.9. The minimum absolute atomic E-state index is 0.0397. The van der Waals surface area contributed by atoms with Gasteiger partial charge in [0.25, 0.3) is 0 Å². The molecule has 1 saturated heterocycles. The summed E-state index contributed by atoms with van der Waals surface area (Å²) in [6.45, 7) is 3.22. The molecule has 2 aliphatic carbocycles. The predicted octanol–water partition coefficient (Wildman–Crippen LogP) is 2.91. The highest BCUT2D eigenvalue weighted by Gasteiger charge is 2.43. The number of carbonyl (C=O) groups is 2. The Labute approximate surface area is 126 Å².